The molecule has 5 heteroatoms. The zero-order valence-corrected chi connectivity index (χ0v) is 9.80. The predicted octanol–water partition coefficient (Wildman–Crippen LogP) is 1.17. The van der Waals surface area contributed by atoms with Gasteiger partial charge in [0, 0.05) is 5.69 Å². The number of anilines is 1. The van der Waals surface area contributed by atoms with Gasteiger partial charge in [-0.05, 0) is 27.9 Å². The minimum atomic E-state index is -0.180. The van der Waals surface area contributed by atoms with Gasteiger partial charge in [-0.15, -0.1) is 0 Å². The molecule has 1 aliphatic rings. The first-order chi connectivity index (χ1) is 7.72. The van der Waals surface area contributed by atoms with Gasteiger partial charge in [0.25, 0.3) is 0 Å². The summed E-state index contributed by atoms with van der Waals surface area (Å²) in [5, 5.41) is 5.26. The van der Waals surface area contributed by atoms with Crippen LogP contribution in [0.2, 0.25) is 0 Å². The summed E-state index contributed by atoms with van der Waals surface area (Å²) in [6.45, 7) is 0. The Bertz CT molecular complexity index is 408. The number of rotatable bonds is 3. The van der Waals surface area contributed by atoms with Crippen molar-refractivity contribution in [1.29, 1.82) is 0 Å². The van der Waals surface area contributed by atoms with Crippen LogP contribution in [0.1, 0.15) is 6.42 Å². The normalized spacial score (nSPS) is 22.3. The van der Waals surface area contributed by atoms with Crippen molar-refractivity contribution < 1.29 is 9.59 Å². The molecule has 2 amide bonds. The van der Waals surface area contributed by atoms with Crippen LogP contribution in [0.3, 0.4) is 0 Å². The average molecular weight is 236 g/mol. The molecule has 0 spiro atoms. The Hall–Kier alpha value is -1.41. The topological polar surface area (TPSA) is 58.2 Å². The molecule has 0 bridgehead atoms. The van der Waals surface area contributed by atoms with Crippen LogP contribution in [0.4, 0.5) is 5.69 Å². The lowest BCUT2D eigenvalue weighted by Crippen LogP contribution is -2.20. The summed E-state index contributed by atoms with van der Waals surface area (Å²) in [5.74, 6) is -0.509. The molecule has 3 unspecified atom stereocenters. The highest BCUT2D eigenvalue weighted by Gasteiger charge is 2.47. The van der Waals surface area contributed by atoms with Crippen LogP contribution in [0.15, 0.2) is 30.3 Å². The third-order valence-corrected chi connectivity index (χ3v) is 2.93. The summed E-state index contributed by atoms with van der Waals surface area (Å²) in [5.41, 5.74) is 0.768. The molecule has 0 aliphatic heterocycles. The summed E-state index contributed by atoms with van der Waals surface area (Å²) in [6, 6.07) is 9.25. The highest BCUT2D eigenvalue weighted by molar-refractivity contribution is 7.15. The number of carbonyl (C=O) groups excluding carboxylic acids is 2. The summed E-state index contributed by atoms with van der Waals surface area (Å²) < 4.78 is 0. The molecule has 1 fully saturated rings. The predicted molar refractivity (Wildman–Crippen MR) is 64.5 cm³/mol. The highest BCUT2D eigenvalue weighted by atomic mass is 31.0. The van der Waals surface area contributed by atoms with Crippen molar-refractivity contribution in [1.82, 2.24) is 5.09 Å². The van der Waals surface area contributed by atoms with Gasteiger partial charge in [0.15, 0.2) is 0 Å². The first-order valence-corrected chi connectivity index (χ1v) is 5.66. The Kier molecular flexibility index (Phi) is 3.20. The van der Waals surface area contributed by atoms with E-state index in [0.29, 0.717) is 6.42 Å². The lowest BCUT2D eigenvalue weighted by atomic mass is 10.2. The maximum atomic E-state index is 11.7. The van der Waals surface area contributed by atoms with E-state index >= 15 is 0 Å². The first-order valence-electron chi connectivity index (χ1n) is 5.08. The van der Waals surface area contributed by atoms with E-state index in [-0.39, 0.29) is 23.7 Å². The highest BCUT2D eigenvalue weighted by Crippen LogP contribution is 2.39. The first kappa shape index (κ1) is 11.1. The quantitative estimate of drug-likeness (QED) is 0.774. The van der Waals surface area contributed by atoms with Gasteiger partial charge in [-0.3, -0.25) is 9.59 Å². The van der Waals surface area contributed by atoms with Gasteiger partial charge in [-0.2, -0.15) is 0 Å². The molecule has 84 valence electrons. The fourth-order valence-electron chi connectivity index (χ4n) is 1.64. The van der Waals surface area contributed by atoms with Crippen LogP contribution in [0.25, 0.3) is 0 Å². The fraction of sp³-hybridized carbons (Fsp3) is 0.273. The molecule has 0 aromatic heterocycles. The Morgan fingerprint density at radius 1 is 1.12 bits per heavy atom. The number of carbonyl (C=O) groups is 2. The van der Waals surface area contributed by atoms with Gasteiger partial charge in [0.2, 0.25) is 11.8 Å². The zero-order valence-electron chi connectivity index (χ0n) is 8.64. The van der Waals surface area contributed by atoms with E-state index in [0.717, 1.165) is 5.69 Å². The molecule has 3 atom stereocenters. The van der Waals surface area contributed by atoms with Crippen molar-refractivity contribution >= 4 is 26.9 Å². The number of hydrogen-bond acceptors (Lipinski definition) is 2. The van der Waals surface area contributed by atoms with E-state index in [1.54, 1.807) is 0 Å². The lowest BCUT2D eigenvalue weighted by Gasteiger charge is -2.03. The van der Waals surface area contributed by atoms with Crippen LogP contribution >= 0.6 is 9.39 Å². The second-order valence-electron chi connectivity index (χ2n) is 3.81. The van der Waals surface area contributed by atoms with E-state index in [9.17, 15) is 9.59 Å². The third kappa shape index (κ3) is 2.39. The Labute approximate surface area is 96.1 Å². The molecule has 0 radical (unpaired) electrons. The molecular formula is C11H13N2O2P. The molecule has 1 aromatic rings. The number of nitrogens with one attached hydrogen (secondary N) is 2. The zero-order chi connectivity index (χ0) is 11.5. The van der Waals surface area contributed by atoms with Gasteiger partial charge in [-0.25, -0.2) is 0 Å². The van der Waals surface area contributed by atoms with Gasteiger partial charge < -0.3 is 10.4 Å². The van der Waals surface area contributed by atoms with Gasteiger partial charge in [-0.1, -0.05) is 18.2 Å². The standard InChI is InChI=1S/C11H13N2O2P/c14-10(8-6-9(8)11(15)13-16)12-7-4-2-1-3-5-7/h1-5,8-9H,6,16H2,(H,12,14)(H,13,15). The number of para-hydroxylation sites is 1. The largest absolute Gasteiger partial charge is 0.340 e. The van der Waals surface area contributed by atoms with Crippen molar-refractivity contribution in [2.75, 3.05) is 5.32 Å². The number of benzene rings is 1. The van der Waals surface area contributed by atoms with Crippen LogP contribution in [-0.4, -0.2) is 11.8 Å². The van der Waals surface area contributed by atoms with Gasteiger partial charge >= 0.3 is 0 Å². The van der Waals surface area contributed by atoms with E-state index in [1.165, 1.54) is 0 Å². The van der Waals surface area contributed by atoms with Gasteiger partial charge in [0.05, 0.1) is 11.8 Å². The third-order valence-electron chi connectivity index (χ3n) is 2.65. The van der Waals surface area contributed by atoms with E-state index in [1.807, 2.05) is 30.3 Å². The average Bonchev–Trinajstić information content (AvgIpc) is 3.09. The van der Waals surface area contributed by atoms with E-state index in [2.05, 4.69) is 19.8 Å². The molecule has 1 saturated carbocycles. The molecule has 0 heterocycles. The molecular weight excluding hydrogens is 223 g/mol. The van der Waals surface area contributed by atoms with Crippen LogP contribution < -0.4 is 10.4 Å². The summed E-state index contributed by atoms with van der Waals surface area (Å²) in [7, 11) is 2.16. The SMILES string of the molecule is O=C(NP)C1CC1C(=O)Nc1ccccc1. The maximum absolute atomic E-state index is 11.7. The van der Waals surface area contributed by atoms with Crippen molar-refractivity contribution in [2.24, 2.45) is 11.8 Å². The van der Waals surface area contributed by atoms with Crippen molar-refractivity contribution in [3.8, 4) is 0 Å². The molecule has 4 nitrogen and oxygen atoms in total. The summed E-state index contributed by atoms with van der Waals surface area (Å²) in [4.78, 5) is 22.9. The maximum Gasteiger partial charge on any atom is 0.228 e. The van der Waals surface area contributed by atoms with Crippen LogP contribution in [-0.2, 0) is 9.59 Å². The lowest BCUT2D eigenvalue weighted by molar-refractivity contribution is -0.123. The van der Waals surface area contributed by atoms with E-state index in [4.69, 9.17) is 0 Å². The molecule has 1 aromatic carbocycles. The Balaban J connectivity index is 1.89. The molecule has 2 rings (SSSR count). The van der Waals surface area contributed by atoms with E-state index < -0.39 is 0 Å². The Morgan fingerprint density at radius 2 is 1.75 bits per heavy atom. The smallest absolute Gasteiger partial charge is 0.228 e. The van der Waals surface area contributed by atoms with Crippen LogP contribution in [0, 0.1) is 11.8 Å². The second-order valence-corrected chi connectivity index (χ2v) is 4.10. The van der Waals surface area contributed by atoms with Crippen molar-refractivity contribution in [2.45, 2.75) is 6.42 Å². The molecule has 2 N–H and O–H groups in total. The minimum Gasteiger partial charge on any atom is -0.340 e. The molecule has 1 aliphatic carbocycles. The van der Waals surface area contributed by atoms with Gasteiger partial charge in [0.1, 0.15) is 0 Å². The monoisotopic (exact) mass is 236 g/mol. The summed E-state index contributed by atoms with van der Waals surface area (Å²) >= 11 is 0. The molecule has 0 saturated heterocycles. The van der Waals surface area contributed by atoms with Crippen LogP contribution in [0.5, 0.6) is 0 Å². The number of amides is 2. The molecule has 16 heavy (non-hydrogen) atoms. The van der Waals surface area contributed by atoms with Crippen molar-refractivity contribution in [3.63, 3.8) is 0 Å². The second kappa shape index (κ2) is 4.62. The van der Waals surface area contributed by atoms with Crippen molar-refractivity contribution in [3.05, 3.63) is 30.3 Å². The summed E-state index contributed by atoms with van der Waals surface area (Å²) in [6.07, 6.45) is 0.638. The fourth-order valence-corrected chi connectivity index (χ4v) is 1.85. The Morgan fingerprint density at radius 3 is 2.38 bits per heavy atom. The number of hydrogen-bond donors (Lipinski definition) is 2. The minimum absolute atomic E-state index is 0.0789.